The number of benzene rings is 1. The number of aromatic nitrogens is 2. The zero-order valence-electron chi connectivity index (χ0n) is 10.6. The molecule has 0 aliphatic carbocycles. The van der Waals surface area contributed by atoms with Crippen molar-refractivity contribution >= 4 is 23.2 Å². The van der Waals surface area contributed by atoms with Gasteiger partial charge in [0.15, 0.2) is 0 Å². The fourth-order valence-corrected chi connectivity index (χ4v) is 2.09. The number of hydrogen-bond acceptors (Lipinski definition) is 3. The Labute approximate surface area is 122 Å². The molecule has 0 atom stereocenters. The molecule has 0 radical (unpaired) electrons. The van der Waals surface area contributed by atoms with Gasteiger partial charge in [-0.15, -0.1) is 0 Å². The van der Waals surface area contributed by atoms with Gasteiger partial charge in [0.05, 0.1) is 6.61 Å². The van der Waals surface area contributed by atoms with Gasteiger partial charge in [-0.1, -0.05) is 42.3 Å². The molecule has 0 N–H and O–H groups in total. The molecule has 0 unspecified atom stereocenters. The summed E-state index contributed by atoms with van der Waals surface area (Å²) in [5, 5.41) is 0.699. The normalized spacial score (nSPS) is 10.5. The molecule has 0 spiro atoms. The Morgan fingerprint density at radius 3 is 2.26 bits per heavy atom. The fourth-order valence-electron chi connectivity index (χ4n) is 1.63. The molecule has 3 nitrogen and oxygen atoms in total. The van der Waals surface area contributed by atoms with Gasteiger partial charge in [0.25, 0.3) is 0 Å². The van der Waals surface area contributed by atoms with E-state index < -0.39 is 0 Å². The van der Waals surface area contributed by atoms with Crippen molar-refractivity contribution in [2.75, 3.05) is 6.61 Å². The molecule has 0 saturated heterocycles. The largest absolute Gasteiger partial charge is 0.493 e. The van der Waals surface area contributed by atoms with Crippen molar-refractivity contribution in [1.82, 2.24) is 9.97 Å². The Balaban J connectivity index is 1.88. The molecule has 2 rings (SSSR count). The average Bonchev–Trinajstić information content (AvgIpc) is 2.38. The highest BCUT2D eigenvalue weighted by Crippen LogP contribution is 2.14. The maximum atomic E-state index is 5.80. The molecule has 2 aromatic rings. The summed E-state index contributed by atoms with van der Waals surface area (Å²) in [7, 11) is 0. The van der Waals surface area contributed by atoms with Crippen LogP contribution < -0.4 is 4.74 Å². The molecule has 1 aromatic carbocycles. The standard InChI is InChI=1S/C14H14Cl2N2O/c1-2-10-3-5-11(6-4-10)19-8-7-14-17-12(15)9-13(16)18-14/h3-6,9H,2,7-8H2,1H3. The molecule has 0 aliphatic heterocycles. The number of rotatable bonds is 5. The van der Waals surface area contributed by atoms with Crippen LogP contribution in [0.5, 0.6) is 5.75 Å². The smallest absolute Gasteiger partial charge is 0.135 e. The molecule has 100 valence electrons. The first kappa shape index (κ1) is 14.1. The lowest BCUT2D eigenvalue weighted by Gasteiger charge is -2.06. The van der Waals surface area contributed by atoms with Crippen LogP contribution in [0.2, 0.25) is 10.3 Å². The van der Waals surface area contributed by atoms with Gasteiger partial charge in [-0.3, -0.25) is 0 Å². The lowest BCUT2D eigenvalue weighted by Crippen LogP contribution is -2.05. The van der Waals surface area contributed by atoms with E-state index in [1.54, 1.807) is 0 Å². The minimum absolute atomic E-state index is 0.349. The predicted molar refractivity (Wildman–Crippen MR) is 77.1 cm³/mol. The second-order valence-electron chi connectivity index (χ2n) is 4.03. The van der Waals surface area contributed by atoms with Gasteiger partial charge in [0.1, 0.15) is 21.9 Å². The lowest BCUT2D eigenvalue weighted by atomic mass is 10.2. The number of aryl methyl sites for hydroxylation is 1. The molecule has 5 heteroatoms. The molecular formula is C14H14Cl2N2O. The number of hydrogen-bond donors (Lipinski definition) is 0. The Bertz CT molecular complexity index is 523. The second kappa shape index (κ2) is 6.73. The van der Waals surface area contributed by atoms with Crippen LogP contribution in [-0.2, 0) is 12.8 Å². The highest BCUT2D eigenvalue weighted by atomic mass is 35.5. The van der Waals surface area contributed by atoms with E-state index in [0.29, 0.717) is 29.2 Å². The molecule has 0 fully saturated rings. The van der Waals surface area contributed by atoms with Gasteiger partial charge in [-0.2, -0.15) is 0 Å². The summed E-state index contributed by atoms with van der Waals surface area (Å²) >= 11 is 11.6. The van der Waals surface area contributed by atoms with Gasteiger partial charge in [-0.25, -0.2) is 9.97 Å². The molecule has 19 heavy (non-hydrogen) atoms. The van der Waals surface area contributed by atoms with Gasteiger partial charge in [-0.05, 0) is 24.1 Å². The first-order chi connectivity index (χ1) is 9.17. The molecular weight excluding hydrogens is 283 g/mol. The third kappa shape index (κ3) is 4.37. The van der Waals surface area contributed by atoms with E-state index >= 15 is 0 Å². The van der Waals surface area contributed by atoms with Gasteiger partial charge in [0, 0.05) is 12.5 Å². The predicted octanol–water partition coefficient (Wildman–Crippen LogP) is 3.97. The van der Waals surface area contributed by atoms with Crippen LogP contribution in [0.3, 0.4) is 0 Å². The zero-order chi connectivity index (χ0) is 13.7. The van der Waals surface area contributed by atoms with Crippen LogP contribution in [0.25, 0.3) is 0 Å². The van der Waals surface area contributed by atoms with Crippen LogP contribution in [0, 0.1) is 0 Å². The monoisotopic (exact) mass is 296 g/mol. The lowest BCUT2D eigenvalue weighted by molar-refractivity contribution is 0.319. The summed E-state index contributed by atoms with van der Waals surface area (Å²) in [4.78, 5) is 8.16. The van der Waals surface area contributed by atoms with E-state index in [1.807, 2.05) is 12.1 Å². The molecule has 0 bridgehead atoms. The minimum atomic E-state index is 0.349. The second-order valence-corrected chi connectivity index (χ2v) is 4.80. The maximum absolute atomic E-state index is 5.80. The van der Waals surface area contributed by atoms with Crippen molar-refractivity contribution in [3.8, 4) is 5.75 Å². The van der Waals surface area contributed by atoms with Crippen LogP contribution in [0.4, 0.5) is 0 Å². The van der Waals surface area contributed by atoms with E-state index in [9.17, 15) is 0 Å². The molecule has 1 heterocycles. The number of halogens is 2. The van der Waals surface area contributed by atoms with Crippen LogP contribution in [0.1, 0.15) is 18.3 Å². The Kier molecular flexibility index (Phi) is 5.00. The molecule has 0 amide bonds. The summed E-state index contributed by atoms with van der Waals surface area (Å²) in [5.41, 5.74) is 1.29. The third-order valence-corrected chi connectivity index (χ3v) is 3.02. The van der Waals surface area contributed by atoms with Crippen molar-refractivity contribution in [2.24, 2.45) is 0 Å². The topological polar surface area (TPSA) is 35.0 Å². The molecule has 1 aromatic heterocycles. The van der Waals surface area contributed by atoms with Crippen molar-refractivity contribution in [3.05, 3.63) is 52.0 Å². The highest BCUT2D eigenvalue weighted by molar-refractivity contribution is 6.33. The SMILES string of the molecule is CCc1ccc(OCCc2nc(Cl)cc(Cl)n2)cc1. The Morgan fingerprint density at radius 2 is 1.68 bits per heavy atom. The van der Waals surface area contributed by atoms with Crippen LogP contribution >= 0.6 is 23.2 Å². The van der Waals surface area contributed by atoms with Crippen molar-refractivity contribution in [1.29, 1.82) is 0 Å². The minimum Gasteiger partial charge on any atom is -0.493 e. The van der Waals surface area contributed by atoms with Crippen molar-refractivity contribution in [2.45, 2.75) is 19.8 Å². The number of ether oxygens (including phenoxy) is 1. The van der Waals surface area contributed by atoms with E-state index in [0.717, 1.165) is 12.2 Å². The number of nitrogens with zero attached hydrogens (tertiary/aromatic N) is 2. The maximum Gasteiger partial charge on any atom is 0.135 e. The van der Waals surface area contributed by atoms with Crippen molar-refractivity contribution < 1.29 is 4.74 Å². The van der Waals surface area contributed by atoms with E-state index in [-0.39, 0.29) is 0 Å². The third-order valence-electron chi connectivity index (χ3n) is 2.64. The zero-order valence-corrected chi connectivity index (χ0v) is 12.1. The fraction of sp³-hybridized carbons (Fsp3) is 0.286. The quantitative estimate of drug-likeness (QED) is 0.783. The Morgan fingerprint density at radius 1 is 1.05 bits per heavy atom. The molecule has 0 aliphatic rings. The summed E-state index contributed by atoms with van der Waals surface area (Å²) in [5.74, 6) is 1.42. The summed E-state index contributed by atoms with van der Waals surface area (Å²) in [6.07, 6.45) is 1.59. The summed E-state index contributed by atoms with van der Waals surface area (Å²) < 4.78 is 5.62. The van der Waals surface area contributed by atoms with Gasteiger partial charge >= 0.3 is 0 Å². The Hall–Kier alpha value is -1.32. The van der Waals surface area contributed by atoms with E-state index in [2.05, 4.69) is 29.0 Å². The summed E-state index contributed by atoms with van der Waals surface area (Å²) in [6.45, 7) is 2.61. The highest BCUT2D eigenvalue weighted by Gasteiger charge is 2.02. The summed E-state index contributed by atoms with van der Waals surface area (Å²) in [6, 6.07) is 9.55. The average molecular weight is 297 g/mol. The van der Waals surface area contributed by atoms with E-state index in [1.165, 1.54) is 11.6 Å². The first-order valence-corrected chi connectivity index (χ1v) is 6.83. The van der Waals surface area contributed by atoms with Gasteiger partial charge in [0.2, 0.25) is 0 Å². The van der Waals surface area contributed by atoms with Crippen LogP contribution in [-0.4, -0.2) is 16.6 Å². The van der Waals surface area contributed by atoms with Crippen molar-refractivity contribution in [3.63, 3.8) is 0 Å². The first-order valence-electron chi connectivity index (χ1n) is 6.08. The van der Waals surface area contributed by atoms with Gasteiger partial charge < -0.3 is 4.74 Å². The van der Waals surface area contributed by atoms with Crippen LogP contribution in [0.15, 0.2) is 30.3 Å². The molecule has 0 saturated carbocycles. The van der Waals surface area contributed by atoms with E-state index in [4.69, 9.17) is 27.9 Å².